The Hall–Kier alpha value is -3.14. The molecule has 1 aliphatic heterocycles. The molecule has 1 saturated heterocycles. The molecule has 1 aromatic heterocycles. The number of ether oxygens (including phenoxy) is 1. The lowest BCUT2D eigenvalue weighted by molar-refractivity contribution is -0.140. The second-order valence-corrected chi connectivity index (χ2v) is 10.2. The number of benzene rings is 1. The molecule has 33 heavy (non-hydrogen) atoms. The van der Waals surface area contributed by atoms with Gasteiger partial charge in [0, 0.05) is 31.0 Å². The van der Waals surface area contributed by atoms with Gasteiger partial charge in [-0.25, -0.2) is 13.2 Å². The van der Waals surface area contributed by atoms with Crippen molar-refractivity contribution in [3.8, 4) is 11.5 Å². The predicted octanol–water partition coefficient (Wildman–Crippen LogP) is 3.46. The second kappa shape index (κ2) is 9.38. The molecular formula is C23H28N4O5S. The van der Waals surface area contributed by atoms with E-state index in [1.54, 1.807) is 60.6 Å². The first-order valence-electron chi connectivity index (χ1n) is 11.2. The predicted molar refractivity (Wildman–Crippen MR) is 123 cm³/mol. The molecule has 176 valence electrons. The monoisotopic (exact) mass is 472 g/mol. The number of carbonyl (C=O) groups excluding carboxylic acids is 2. The molecule has 1 aliphatic carbocycles. The number of nitrogens with one attached hydrogen (secondary N) is 1. The summed E-state index contributed by atoms with van der Waals surface area (Å²) < 4.78 is 34.6. The number of pyridine rings is 1. The first-order valence-corrected chi connectivity index (χ1v) is 12.7. The van der Waals surface area contributed by atoms with Crippen molar-refractivity contribution in [1.82, 2.24) is 14.8 Å². The number of hydrogen-bond acceptors (Lipinski definition) is 6. The molecule has 3 unspecified atom stereocenters. The molecular weight excluding hydrogens is 444 g/mol. The molecule has 9 nitrogen and oxygen atoms in total. The van der Waals surface area contributed by atoms with Gasteiger partial charge in [-0.1, -0.05) is 0 Å². The van der Waals surface area contributed by atoms with E-state index in [4.69, 9.17) is 4.74 Å². The van der Waals surface area contributed by atoms with Crippen LogP contribution in [-0.4, -0.2) is 59.5 Å². The average Bonchev–Trinajstić information content (AvgIpc) is 2.81. The van der Waals surface area contributed by atoms with E-state index in [1.165, 1.54) is 4.90 Å². The van der Waals surface area contributed by atoms with Crippen molar-refractivity contribution in [2.24, 2.45) is 5.92 Å². The fraction of sp³-hybridized carbons (Fsp3) is 0.435. The van der Waals surface area contributed by atoms with Crippen LogP contribution in [0.4, 0.5) is 10.5 Å². The normalized spacial score (nSPS) is 23.3. The van der Waals surface area contributed by atoms with Crippen molar-refractivity contribution in [1.29, 1.82) is 0 Å². The van der Waals surface area contributed by atoms with Gasteiger partial charge in [0.15, 0.2) is 0 Å². The second-order valence-electron chi connectivity index (χ2n) is 8.22. The number of carbonyl (C=O) groups is 2. The maximum Gasteiger partial charge on any atom is 0.326 e. The van der Waals surface area contributed by atoms with Crippen LogP contribution >= 0.6 is 0 Å². The van der Waals surface area contributed by atoms with Crippen LogP contribution < -0.4 is 9.46 Å². The summed E-state index contributed by atoms with van der Waals surface area (Å²) in [5.74, 6) is 0.367. The van der Waals surface area contributed by atoms with E-state index < -0.39 is 21.2 Å². The van der Waals surface area contributed by atoms with Gasteiger partial charge in [-0.15, -0.1) is 0 Å². The van der Waals surface area contributed by atoms with Gasteiger partial charge in [-0.2, -0.15) is 0 Å². The first kappa shape index (κ1) is 23.0. The summed E-state index contributed by atoms with van der Waals surface area (Å²) in [6, 6.07) is 9.64. The summed E-state index contributed by atoms with van der Waals surface area (Å²) >= 11 is 0. The molecule has 10 heteroatoms. The van der Waals surface area contributed by atoms with E-state index in [0.717, 1.165) is 0 Å². The van der Waals surface area contributed by atoms with Crippen molar-refractivity contribution in [3.63, 3.8) is 0 Å². The number of amides is 3. The third kappa shape index (κ3) is 4.66. The lowest BCUT2D eigenvalue weighted by Gasteiger charge is -2.47. The number of rotatable bonds is 7. The minimum absolute atomic E-state index is 0.196. The lowest BCUT2D eigenvalue weighted by atomic mass is 9.81. The molecule has 0 bridgehead atoms. The minimum atomic E-state index is -3.72. The molecule has 3 amide bonds. The third-order valence-corrected chi connectivity index (χ3v) is 8.13. The Morgan fingerprint density at radius 2 is 1.82 bits per heavy atom. The Kier molecular flexibility index (Phi) is 6.55. The van der Waals surface area contributed by atoms with Gasteiger partial charge in [0.2, 0.25) is 15.9 Å². The highest BCUT2D eigenvalue weighted by Crippen LogP contribution is 2.37. The number of nitrogens with zero attached hydrogens (tertiary/aromatic N) is 3. The van der Waals surface area contributed by atoms with Gasteiger partial charge in [0.05, 0.1) is 17.4 Å². The average molecular weight is 473 g/mol. The number of imide groups is 1. The first-order chi connectivity index (χ1) is 15.8. The zero-order valence-corrected chi connectivity index (χ0v) is 19.5. The summed E-state index contributed by atoms with van der Waals surface area (Å²) in [6.45, 7) is 4.41. The van der Waals surface area contributed by atoms with Crippen LogP contribution in [0.1, 0.15) is 33.1 Å². The Balaban J connectivity index is 1.45. The standard InChI is InChI=1S/C23H28N4O5S/c1-3-26-21-12-11-19(14-20(21)22(28)27(4-2)23(26)29)33(30,31)25-16-7-9-17(10-8-16)32-18-6-5-13-24-15-18/h5-10,13,15,19-21,25H,3-4,11-12,14H2,1-2H3. The maximum absolute atomic E-state index is 13.1. The highest BCUT2D eigenvalue weighted by molar-refractivity contribution is 7.93. The molecule has 4 rings (SSSR count). The Morgan fingerprint density at radius 3 is 2.45 bits per heavy atom. The lowest BCUT2D eigenvalue weighted by Crippen LogP contribution is -2.63. The summed E-state index contributed by atoms with van der Waals surface area (Å²) in [6.07, 6.45) is 4.31. The van der Waals surface area contributed by atoms with Crippen LogP contribution in [-0.2, 0) is 14.8 Å². The van der Waals surface area contributed by atoms with Gasteiger partial charge in [0.25, 0.3) is 0 Å². The van der Waals surface area contributed by atoms with Crippen molar-refractivity contribution in [2.45, 2.75) is 44.4 Å². The largest absolute Gasteiger partial charge is 0.456 e. The molecule has 1 N–H and O–H groups in total. The summed E-state index contributed by atoms with van der Waals surface area (Å²) in [5, 5.41) is -0.709. The van der Waals surface area contributed by atoms with Crippen molar-refractivity contribution < 1.29 is 22.7 Å². The number of aromatic nitrogens is 1. The maximum atomic E-state index is 13.1. The third-order valence-electron chi connectivity index (χ3n) is 6.31. The molecule has 2 heterocycles. The van der Waals surface area contributed by atoms with Gasteiger partial charge in [-0.3, -0.25) is 19.4 Å². The molecule has 2 fully saturated rings. The van der Waals surface area contributed by atoms with Crippen LogP contribution in [0.3, 0.4) is 0 Å². The van der Waals surface area contributed by atoms with E-state index >= 15 is 0 Å². The number of anilines is 1. The SMILES string of the molecule is CCN1C(=O)C2CC(S(=O)(=O)Nc3ccc(Oc4cccnc4)cc3)CCC2N(CC)C1=O. The van der Waals surface area contributed by atoms with Gasteiger partial charge >= 0.3 is 6.03 Å². The van der Waals surface area contributed by atoms with Gasteiger partial charge in [-0.05, 0) is 69.5 Å². The summed E-state index contributed by atoms with van der Waals surface area (Å²) in [5.41, 5.74) is 0.422. The molecule has 1 saturated carbocycles. The molecule has 0 spiro atoms. The van der Waals surface area contributed by atoms with Crippen LogP contribution in [0.25, 0.3) is 0 Å². The Labute approximate surface area is 193 Å². The minimum Gasteiger partial charge on any atom is -0.456 e. The molecule has 0 radical (unpaired) electrons. The molecule has 2 aliphatic rings. The van der Waals surface area contributed by atoms with Crippen molar-refractivity contribution >= 4 is 27.6 Å². The fourth-order valence-corrected chi connectivity index (χ4v) is 6.21. The molecule has 3 atom stereocenters. The quantitative estimate of drug-likeness (QED) is 0.661. The van der Waals surface area contributed by atoms with Crippen molar-refractivity contribution in [3.05, 3.63) is 48.8 Å². The van der Waals surface area contributed by atoms with Crippen molar-refractivity contribution in [2.75, 3.05) is 17.8 Å². The Bertz CT molecular complexity index is 1110. The van der Waals surface area contributed by atoms with E-state index in [9.17, 15) is 18.0 Å². The van der Waals surface area contributed by atoms with Gasteiger partial charge < -0.3 is 9.64 Å². The Morgan fingerprint density at radius 1 is 1.06 bits per heavy atom. The highest BCUT2D eigenvalue weighted by Gasteiger charge is 2.49. The van der Waals surface area contributed by atoms with E-state index in [-0.39, 0.29) is 30.9 Å². The topological polar surface area (TPSA) is 109 Å². The summed E-state index contributed by atoms with van der Waals surface area (Å²) in [4.78, 5) is 32.5. The van der Waals surface area contributed by atoms with E-state index in [1.807, 2.05) is 6.92 Å². The van der Waals surface area contributed by atoms with Crippen LogP contribution in [0, 0.1) is 5.92 Å². The zero-order chi connectivity index (χ0) is 23.6. The van der Waals surface area contributed by atoms with Crippen LogP contribution in [0.15, 0.2) is 48.8 Å². The smallest absolute Gasteiger partial charge is 0.326 e. The molecule has 2 aromatic rings. The van der Waals surface area contributed by atoms with E-state index in [2.05, 4.69) is 9.71 Å². The van der Waals surface area contributed by atoms with E-state index in [0.29, 0.717) is 36.6 Å². The van der Waals surface area contributed by atoms with Crippen LogP contribution in [0.2, 0.25) is 0 Å². The fourth-order valence-electron chi connectivity index (χ4n) is 4.67. The number of urea groups is 1. The zero-order valence-electron chi connectivity index (χ0n) is 18.7. The summed E-state index contributed by atoms with van der Waals surface area (Å²) in [7, 11) is -3.72. The number of fused-ring (bicyclic) bond motifs is 1. The van der Waals surface area contributed by atoms with Gasteiger partial charge in [0.1, 0.15) is 11.5 Å². The number of hydrogen-bond donors (Lipinski definition) is 1. The molecule has 1 aromatic carbocycles. The highest BCUT2D eigenvalue weighted by atomic mass is 32.2. The van der Waals surface area contributed by atoms with Crippen LogP contribution in [0.5, 0.6) is 11.5 Å². The number of sulfonamides is 1.